The SMILES string of the molecule is Cc1cnc(N2CCN(C(=O)c3[c]cc(N4C(=O)CCC4C)cc3)CC2)c(C)c1. The Balaban J connectivity index is 1.40. The molecule has 1 radical (unpaired) electrons. The summed E-state index contributed by atoms with van der Waals surface area (Å²) in [6.07, 6.45) is 3.35. The molecule has 2 aliphatic rings. The van der Waals surface area contributed by atoms with E-state index >= 15 is 0 Å². The number of benzene rings is 1. The largest absolute Gasteiger partial charge is 0.353 e. The van der Waals surface area contributed by atoms with Crippen molar-refractivity contribution in [2.24, 2.45) is 0 Å². The monoisotopic (exact) mass is 391 g/mol. The zero-order valence-electron chi connectivity index (χ0n) is 17.3. The van der Waals surface area contributed by atoms with Crippen LogP contribution in [0.25, 0.3) is 0 Å². The highest BCUT2D eigenvalue weighted by molar-refractivity contribution is 5.98. The second kappa shape index (κ2) is 7.85. The maximum Gasteiger partial charge on any atom is 0.254 e. The molecule has 2 aromatic rings. The normalized spacial score (nSPS) is 19.8. The number of hydrogen-bond donors (Lipinski definition) is 0. The molecule has 2 saturated heterocycles. The maximum absolute atomic E-state index is 12.9. The van der Waals surface area contributed by atoms with E-state index in [1.165, 1.54) is 5.56 Å². The third-order valence-electron chi connectivity index (χ3n) is 5.84. The summed E-state index contributed by atoms with van der Waals surface area (Å²) < 4.78 is 0. The highest BCUT2D eigenvalue weighted by Crippen LogP contribution is 2.27. The average Bonchev–Trinajstić information content (AvgIpc) is 3.06. The van der Waals surface area contributed by atoms with Crippen molar-refractivity contribution < 1.29 is 9.59 Å². The van der Waals surface area contributed by atoms with E-state index in [-0.39, 0.29) is 17.9 Å². The molecule has 1 unspecified atom stereocenters. The van der Waals surface area contributed by atoms with Crippen LogP contribution >= 0.6 is 0 Å². The van der Waals surface area contributed by atoms with Crippen molar-refractivity contribution >= 4 is 23.3 Å². The van der Waals surface area contributed by atoms with E-state index < -0.39 is 0 Å². The average molecular weight is 391 g/mol. The zero-order chi connectivity index (χ0) is 20.5. The third-order valence-corrected chi connectivity index (χ3v) is 5.84. The summed E-state index contributed by atoms with van der Waals surface area (Å²) in [6, 6.07) is 10.9. The van der Waals surface area contributed by atoms with Gasteiger partial charge in [0, 0.05) is 56.1 Å². The lowest BCUT2D eigenvalue weighted by Gasteiger charge is -2.36. The van der Waals surface area contributed by atoms with E-state index in [0.29, 0.717) is 25.1 Å². The van der Waals surface area contributed by atoms with E-state index in [1.54, 1.807) is 17.0 Å². The number of carbonyl (C=O) groups excluding carboxylic acids is 2. The second-order valence-corrected chi connectivity index (χ2v) is 8.04. The van der Waals surface area contributed by atoms with Crippen LogP contribution in [-0.2, 0) is 4.79 Å². The van der Waals surface area contributed by atoms with Crippen molar-refractivity contribution in [1.82, 2.24) is 9.88 Å². The fraction of sp³-hybridized carbons (Fsp3) is 0.435. The molecule has 6 nitrogen and oxygen atoms in total. The molecule has 29 heavy (non-hydrogen) atoms. The van der Waals surface area contributed by atoms with E-state index in [2.05, 4.69) is 28.9 Å². The summed E-state index contributed by atoms with van der Waals surface area (Å²) in [4.78, 5) is 35.5. The standard InChI is InChI=1S/C23H27N4O2/c1-16-14-17(2)22(24-15-16)25-10-12-26(13-11-25)23(29)19-5-7-20(8-6-19)27-18(3)4-9-21(27)28/h5,7-8,14-15,18H,4,9-13H2,1-3H3. The van der Waals surface area contributed by atoms with Gasteiger partial charge in [0.25, 0.3) is 5.91 Å². The smallest absolute Gasteiger partial charge is 0.254 e. The minimum atomic E-state index is -0.00872. The summed E-state index contributed by atoms with van der Waals surface area (Å²) >= 11 is 0. The van der Waals surface area contributed by atoms with Gasteiger partial charge in [-0.15, -0.1) is 0 Å². The van der Waals surface area contributed by atoms with Crippen molar-refractivity contribution in [3.63, 3.8) is 0 Å². The number of hydrogen-bond acceptors (Lipinski definition) is 4. The van der Waals surface area contributed by atoms with Crippen molar-refractivity contribution in [2.45, 2.75) is 39.7 Å². The lowest BCUT2D eigenvalue weighted by Crippen LogP contribution is -2.49. The van der Waals surface area contributed by atoms with Crippen molar-refractivity contribution in [3.8, 4) is 0 Å². The molecule has 0 spiro atoms. The number of aryl methyl sites for hydroxylation is 2. The molecule has 2 fully saturated rings. The Morgan fingerprint density at radius 2 is 1.93 bits per heavy atom. The predicted octanol–water partition coefficient (Wildman–Crippen LogP) is 2.98. The van der Waals surface area contributed by atoms with Crippen LogP contribution in [0.1, 0.15) is 41.3 Å². The van der Waals surface area contributed by atoms with Crippen LogP contribution in [0.2, 0.25) is 0 Å². The molecule has 6 heteroatoms. The van der Waals surface area contributed by atoms with Crippen LogP contribution < -0.4 is 9.80 Å². The molecule has 0 aliphatic carbocycles. The topological polar surface area (TPSA) is 56.8 Å². The first-order chi connectivity index (χ1) is 13.9. The second-order valence-electron chi connectivity index (χ2n) is 8.04. The van der Waals surface area contributed by atoms with Gasteiger partial charge in [-0.25, -0.2) is 4.98 Å². The first kappa shape index (κ1) is 19.4. The summed E-state index contributed by atoms with van der Waals surface area (Å²) in [7, 11) is 0. The predicted molar refractivity (Wildman–Crippen MR) is 113 cm³/mol. The number of aromatic nitrogens is 1. The van der Waals surface area contributed by atoms with Gasteiger partial charge in [0.1, 0.15) is 5.82 Å². The van der Waals surface area contributed by atoms with Gasteiger partial charge >= 0.3 is 0 Å². The minimum absolute atomic E-state index is 0.00872. The Morgan fingerprint density at radius 1 is 1.17 bits per heavy atom. The number of pyridine rings is 1. The zero-order valence-corrected chi connectivity index (χ0v) is 17.3. The highest BCUT2D eigenvalue weighted by atomic mass is 16.2. The molecule has 4 rings (SSSR count). The van der Waals surface area contributed by atoms with Gasteiger partial charge in [-0.1, -0.05) is 6.07 Å². The third kappa shape index (κ3) is 3.84. The molecular weight excluding hydrogens is 364 g/mol. The van der Waals surface area contributed by atoms with Crippen LogP contribution in [0.4, 0.5) is 11.5 Å². The molecule has 0 saturated carbocycles. The lowest BCUT2D eigenvalue weighted by molar-refractivity contribution is -0.117. The number of nitrogens with zero attached hydrogens (tertiary/aromatic N) is 4. The quantitative estimate of drug-likeness (QED) is 0.807. The van der Waals surface area contributed by atoms with E-state index in [4.69, 9.17) is 0 Å². The van der Waals surface area contributed by atoms with Crippen LogP contribution in [0.5, 0.6) is 0 Å². The van der Waals surface area contributed by atoms with Gasteiger partial charge in [0.15, 0.2) is 0 Å². The van der Waals surface area contributed by atoms with Crippen LogP contribution in [0.3, 0.4) is 0 Å². The van der Waals surface area contributed by atoms with Gasteiger partial charge in [-0.3, -0.25) is 9.59 Å². The lowest BCUT2D eigenvalue weighted by atomic mass is 10.1. The fourth-order valence-electron chi connectivity index (χ4n) is 4.26. The number of piperazine rings is 1. The number of rotatable bonds is 3. The molecule has 0 bridgehead atoms. The van der Waals surface area contributed by atoms with Crippen molar-refractivity contribution in [1.29, 1.82) is 0 Å². The van der Waals surface area contributed by atoms with Gasteiger partial charge in [0.05, 0.1) is 0 Å². The van der Waals surface area contributed by atoms with Gasteiger partial charge in [-0.05, 0) is 62.6 Å². The highest BCUT2D eigenvalue weighted by Gasteiger charge is 2.29. The number of carbonyl (C=O) groups is 2. The Bertz CT molecular complexity index is 917. The molecule has 1 aromatic heterocycles. The fourth-order valence-corrected chi connectivity index (χ4v) is 4.26. The molecule has 1 aromatic carbocycles. The van der Waals surface area contributed by atoms with Crippen LogP contribution in [0.15, 0.2) is 30.5 Å². The summed E-state index contributed by atoms with van der Waals surface area (Å²) in [6.45, 7) is 9.02. The van der Waals surface area contributed by atoms with Crippen LogP contribution in [-0.4, -0.2) is 53.9 Å². The van der Waals surface area contributed by atoms with Gasteiger partial charge < -0.3 is 14.7 Å². The van der Waals surface area contributed by atoms with Gasteiger partial charge in [-0.2, -0.15) is 0 Å². The molecule has 3 heterocycles. The molecule has 2 amide bonds. The molecule has 151 valence electrons. The Labute approximate surface area is 172 Å². The number of anilines is 2. The van der Waals surface area contributed by atoms with E-state index in [0.717, 1.165) is 36.6 Å². The molecular formula is C23H27N4O2. The maximum atomic E-state index is 12.9. The summed E-state index contributed by atoms with van der Waals surface area (Å²) in [5.74, 6) is 1.13. The van der Waals surface area contributed by atoms with Crippen LogP contribution in [0, 0.1) is 19.9 Å². The van der Waals surface area contributed by atoms with Crippen molar-refractivity contribution in [2.75, 3.05) is 36.0 Å². The van der Waals surface area contributed by atoms with Gasteiger partial charge in [0.2, 0.25) is 5.91 Å². The molecule has 0 N–H and O–H groups in total. The first-order valence-corrected chi connectivity index (χ1v) is 10.3. The minimum Gasteiger partial charge on any atom is -0.353 e. The van der Waals surface area contributed by atoms with E-state index in [1.807, 2.05) is 31.0 Å². The number of amides is 2. The Morgan fingerprint density at radius 3 is 2.52 bits per heavy atom. The Kier molecular flexibility index (Phi) is 5.26. The molecule has 1 atom stereocenters. The summed E-state index contributed by atoms with van der Waals surface area (Å²) in [5, 5.41) is 0. The van der Waals surface area contributed by atoms with Crippen molar-refractivity contribution in [3.05, 3.63) is 53.2 Å². The molecule has 2 aliphatic heterocycles. The first-order valence-electron chi connectivity index (χ1n) is 10.3. The van der Waals surface area contributed by atoms with E-state index in [9.17, 15) is 9.59 Å². The Hall–Kier alpha value is -2.89. The summed E-state index contributed by atoms with van der Waals surface area (Å²) in [5.41, 5.74) is 3.69.